The lowest BCUT2D eigenvalue weighted by atomic mass is 9.76. The zero-order chi connectivity index (χ0) is 29.2. The number of aryl methyl sites for hydroxylation is 2. The van der Waals surface area contributed by atoms with Gasteiger partial charge < -0.3 is 14.4 Å². The Bertz CT molecular complexity index is 1410. The van der Waals surface area contributed by atoms with Gasteiger partial charge in [-0.25, -0.2) is 0 Å². The molecule has 1 aromatic heterocycles. The van der Waals surface area contributed by atoms with E-state index in [0.717, 1.165) is 77.6 Å². The summed E-state index contributed by atoms with van der Waals surface area (Å²) < 4.78 is 14.1. The van der Waals surface area contributed by atoms with Gasteiger partial charge in [0.15, 0.2) is 0 Å². The number of amides is 1. The van der Waals surface area contributed by atoms with Crippen molar-refractivity contribution in [1.29, 1.82) is 0 Å². The van der Waals surface area contributed by atoms with Crippen LogP contribution in [0.1, 0.15) is 66.0 Å². The summed E-state index contributed by atoms with van der Waals surface area (Å²) >= 11 is 14.0. The van der Waals surface area contributed by atoms with E-state index in [4.69, 9.17) is 26.1 Å². The van der Waals surface area contributed by atoms with Crippen LogP contribution < -0.4 is 0 Å². The minimum absolute atomic E-state index is 0.0176. The molecule has 0 N–H and O–H groups in total. The monoisotopic (exact) mass is 714 g/mol. The second-order valence-electron chi connectivity index (χ2n) is 12.0. The summed E-state index contributed by atoms with van der Waals surface area (Å²) in [6, 6.07) is 16.6. The van der Waals surface area contributed by atoms with E-state index in [9.17, 15) is 4.79 Å². The van der Waals surface area contributed by atoms with Gasteiger partial charge in [0, 0.05) is 52.2 Å². The quantitative estimate of drug-likeness (QED) is 0.259. The number of hydrogen-bond donors (Lipinski definition) is 0. The van der Waals surface area contributed by atoms with Crippen LogP contribution in [0.25, 0.3) is 0 Å². The molecular weight excluding hydrogens is 680 g/mol. The zero-order valence-corrected chi connectivity index (χ0v) is 27.8. The number of halogens is 3. The maximum absolute atomic E-state index is 13.9. The maximum atomic E-state index is 13.9. The SMILES string of the molecule is COC1CC(OCc2ccccc2)CC(C(=O)N2CCC([C@H]3c4ncc(Br)cc4CCc4cc(Cl)cc(Br)c43)CC2)C1. The second-order valence-corrected chi connectivity index (χ2v) is 14.2. The van der Waals surface area contributed by atoms with Gasteiger partial charge in [-0.05, 0) is 107 Å². The molecule has 2 aromatic carbocycles. The Morgan fingerprint density at radius 2 is 1.74 bits per heavy atom. The molecule has 2 heterocycles. The molecule has 5 nitrogen and oxygen atoms in total. The van der Waals surface area contributed by atoms with E-state index >= 15 is 0 Å². The summed E-state index contributed by atoms with van der Waals surface area (Å²) in [4.78, 5) is 21.0. The van der Waals surface area contributed by atoms with Gasteiger partial charge in [-0.3, -0.25) is 9.78 Å². The molecule has 0 bridgehead atoms. The highest BCUT2D eigenvalue weighted by molar-refractivity contribution is 9.10. The fourth-order valence-electron chi connectivity index (χ4n) is 7.28. The van der Waals surface area contributed by atoms with Crippen LogP contribution in [0, 0.1) is 11.8 Å². The number of ether oxygens (including phenoxy) is 2. The first kappa shape index (κ1) is 30.3. The number of nitrogens with zero attached hydrogens (tertiary/aromatic N) is 2. The van der Waals surface area contributed by atoms with Crippen molar-refractivity contribution in [3.8, 4) is 0 Å². The van der Waals surface area contributed by atoms with E-state index in [1.807, 2.05) is 30.5 Å². The molecule has 2 aliphatic carbocycles. The van der Waals surface area contributed by atoms with Crippen LogP contribution >= 0.6 is 43.5 Å². The number of rotatable bonds is 6. The van der Waals surface area contributed by atoms with Crippen molar-refractivity contribution < 1.29 is 14.3 Å². The van der Waals surface area contributed by atoms with E-state index in [2.05, 4.69) is 61.0 Å². The fourth-order valence-corrected chi connectivity index (χ4v) is 8.78. The summed E-state index contributed by atoms with van der Waals surface area (Å²) in [6.45, 7) is 2.08. The van der Waals surface area contributed by atoms with Crippen molar-refractivity contribution in [2.24, 2.45) is 11.8 Å². The van der Waals surface area contributed by atoms with Crippen molar-refractivity contribution in [2.75, 3.05) is 20.2 Å². The number of aromatic nitrogens is 1. The molecule has 3 aliphatic rings. The van der Waals surface area contributed by atoms with Crippen molar-refractivity contribution in [2.45, 2.75) is 69.7 Å². The Morgan fingerprint density at radius 1 is 1.00 bits per heavy atom. The number of fused-ring (bicyclic) bond motifs is 2. The average molecular weight is 717 g/mol. The average Bonchev–Trinajstić information content (AvgIpc) is 3.17. The predicted molar refractivity (Wildman–Crippen MR) is 173 cm³/mol. The Labute approximate surface area is 270 Å². The number of methoxy groups -OCH3 is 1. The van der Waals surface area contributed by atoms with Crippen LogP contribution in [0.3, 0.4) is 0 Å². The van der Waals surface area contributed by atoms with E-state index in [1.54, 1.807) is 7.11 Å². The van der Waals surface area contributed by atoms with Gasteiger partial charge in [0.05, 0.1) is 24.5 Å². The molecule has 42 heavy (non-hydrogen) atoms. The smallest absolute Gasteiger partial charge is 0.225 e. The molecule has 1 saturated carbocycles. The third kappa shape index (κ3) is 6.66. The van der Waals surface area contributed by atoms with Gasteiger partial charge in [0.1, 0.15) is 0 Å². The summed E-state index contributed by atoms with van der Waals surface area (Å²) in [5.41, 5.74) is 6.21. The van der Waals surface area contributed by atoms with Crippen molar-refractivity contribution in [3.63, 3.8) is 0 Å². The second kappa shape index (κ2) is 13.5. The molecule has 8 heteroatoms. The molecule has 3 unspecified atom stereocenters. The summed E-state index contributed by atoms with van der Waals surface area (Å²) in [7, 11) is 1.75. The van der Waals surface area contributed by atoms with Crippen molar-refractivity contribution >= 4 is 49.4 Å². The zero-order valence-electron chi connectivity index (χ0n) is 23.9. The van der Waals surface area contributed by atoms with E-state index in [0.29, 0.717) is 12.5 Å². The van der Waals surface area contributed by atoms with Crippen LogP contribution in [0.5, 0.6) is 0 Å². The number of benzene rings is 2. The Kier molecular flexibility index (Phi) is 9.71. The van der Waals surface area contributed by atoms with Crippen molar-refractivity contribution in [1.82, 2.24) is 9.88 Å². The summed E-state index contributed by atoms with van der Waals surface area (Å²) in [5.74, 6) is 0.726. The van der Waals surface area contributed by atoms with Crippen LogP contribution in [0.2, 0.25) is 5.02 Å². The highest BCUT2D eigenvalue weighted by atomic mass is 79.9. The van der Waals surface area contributed by atoms with Crippen LogP contribution in [-0.2, 0) is 33.7 Å². The number of pyridine rings is 1. The van der Waals surface area contributed by atoms with Gasteiger partial charge in [-0.2, -0.15) is 0 Å². The molecule has 6 rings (SSSR count). The van der Waals surface area contributed by atoms with E-state index in [1.165, 1.54) is 22.4 Å². The number of likely N-dealkylation sites (tertiary alicyclic amines) is 1. The Hall–Kier alpha value is -1.77. The minimum atomic E-state index is -0.0735. The molecule has 0 spiro atoms. The Balaban J connectivity index is 1.16. The molecule has 4 atom stereocenters. The highest BCUT2D eigenvalue weighted by Gasteiger charge is 2.39. The molecule has 0 radical (unpaired) electrons. The largest absolute Gasteiger partial charge is 0.381 e. The van der Waals surface area contributed by atoms with E-state index in [-0.39, 0.29) is 30.0 Å². The number of carbonyl (C=O) groups is 1. The predicted octanol–water partition coefficient (Wildman–Crippen LogP) is 8.13. The fraction of sp³-hybridized carbons (Fsp3) is 0.471. The normalized spacial score (nSPS) is 24.5. The standard InChI is InChI=1S/C34H37Br2ClN2O3/c1-41-28-15-25(16-29(18-28)42-20-21-5-3-2-4-6-21)34(40)39-11-9-22(10-12-39)32-31-23(14-27(37)17-30(31)36)7-8-24-13-26(35)19-38-33(24)32/h2-6,13-14,17,19,22,25,28-29,32H,7-12,15-16,18,20H2,1H3/t25?,28?,29?,32-/m1/s1. The Morgan fingerprint density at radius 3 is 2.50 bits per heavy atom. The number of hydrogen-bond acceptors (Lipinski definition) is 4. The van der Waals surface area contributed by atoms with Crippen LogP contribution in [-0.4, -0.2) is 48.2 Å². The lowest BCUT2D eigenvalue weighted by molar-refractivity contribution is -0.143. The molecule has 1 amide bonds. The molecule has 222 valence electrons. The first-order valence-corrected chi connectivity index (χ1v) is 16.9. The number of carbonyl (C=O) groups excluding carboxylic acids is 1. The molecule has 1 saturated heterocycles. The van der Waals surface area contributed by atoms with Gasteiger partial charge >= 0.3 is 0 Å². The third-order valence-corrected chi connectivity index (χ3v) is 10.7. The minimum Gasteiger partial charge on any atom is -0.381 e. The molecule has 2 fully saturated rings. The lowest BCUT2D eigenvalue weighted by Gasteiger charge is -2.40. The van der Waals surface area contributed by atoms with Gasteiger partial charge in [-0.1, -0.05) is 57.9 Å². The molecular formula is C34H37Br2ClN2O3. The van der Waals surface area contributed by atoms with Crippen LogP contribution in [0.4, 0.5) is 0 Å². The maximum Gasteiger partial charge on any atom is 0.225 e. The summed E-state index contributed by atoms with van der Waals surface area (Å²) in [6.07, 6.45) is 8.07. The first-order valence-electron chi connectivity index (χ1n) is 15.0. The summed E-state index contributed by atoms with van der Waals surface area (Å²) in [5, 5.41) is 0.757. The third-order valence-electron chi connectivity index (χ3n) is 9.37. The van der Waals surface area contributed by atoms with E-state index < -0.39 is 0 Å². The molecule has 1 aliphatic heterocycles. The highest BCUT2D eigenvalue weighted by Crippen LogP contribution is 2.46. The lowest BCUT2D eigenvalue weighted by Crippen LogP contribution is -2.46. The topological polar surface area (TPSA) is 51.7 Å². The first-order chi connectivity index (χ1) is 20.4. The van der Waals surface area contributed by atoms with Gasteiger partial charge in [0.2, 0.25) is 5.91 Å². The molecule has 3 aromatic rings. The van der Waals surface area contributed by atoms with Gasteiger partial charge in [-0.15, -0.1) is 0 Å². The number of piperidine rings is 1. The van der Waals surface area contributed by atoms with Crippen LogP contribution in [0.15, 0.2) is 63.7 Å². The van der Waals surface area contributed by atoms with Crippen molar-refractivity contribution in [3.05, 3.63) is 96.6 Å². The van der Waals surface area contributed by atoms with Gasteiger partial charge in [0.25, 0.3) is 0 Å².